The lowest BCUT2D eigenvalue weighted by Crippen LogP contribution is -2.24. The summed E-state index contributed by atoms with van der Waals surface area (Å²) in [5, 5.41) is 9.14. The molecule has 0 fully saturated rings. The minimum atomic E-state index is 0.0246. The number of aliphatic hydroxyl groups excluding tert-OH is 1. The van der Waals surface area contributed by atoms with Crippen molar-refractivity contribution < 1.29 is 5.11 Å². The standard InChI is InChI=1S/C11H16N2O/c1-3-8-13(4-2)11-10(9-14)6-5-7-12-11/h3,5-7,14H,1,4,8-9H2,2H3. The second-order valence-electron chi connectivity index (χ2n) is 2.97. The van der Waals surface area contributed by atoms with Gasteiger partial charge >= 0.3 is 0 Å². The van der Waals surface area contributed by atoms with Gasteiger partial charge in [-0.05, 0) is 13.0 Å². The van der Waals surface area contributed by atoms with E-state index in [4.69, 9.17) is 5.11 Å². The molecule has 76 valence electrons. The van der Waals surface area contributed by atoms with Crippen molar-refractivity contribution in [2.24, 2.45) is 0 Å². The zero-order chi connectivity index (χ0) is 10.4. The number of hydrogen-bond donors (Lipinski definition) is 1. The smallest absolute Gasteiger partial charge is 0.134 e. The molecule has 1 N–H and O–H groups in total. The lowest BCUT2D eigenvalue weighted by molar-refractivity contribution is 0.281. The number of likely N-dealkylation sites (N-methyl/N-ethyl adjacent to an activating group) is 1. The van der Waals surface area contributed by atoms with Gasteiger partial charge in [-0.1, -0.05) is 12.1 Å². The van der Waals surface area contributed by atoms with Gasteiger partial charge in [-0.2, -0.15) is 0 Å². The Balaban J connectivity index is 2.95. The number of pyridine rings is 1. The summed E-state index contributed by atoms with van der Waals surface area (Å²) < 4.78 is 0. The summed E-state index contributed by atoms with van der Waals surface area (Å²) in [7, 11) is 0. The number of aromatic nitrogens is 1. The summed E-state index contributed by atoms with van der Waals surface area (Å²) in [6, 6.07) is 3.71. The van der Waals surface area contributed by atoms with E-state index in [1.54, 1.807) is 6.20 Å². The van der Waals surface area contributed by atoms with Crippen LogP contribution in [0.5, 0.6) is 0 Å². The molecule has 3 nitrogen and oxygen atoms in total. The van der Waals surface area contributed by atoms with Crippen molar-refractivity contribution in [3.05, 3.63) is 36.5 Å². The zero-order valence-corrected chi connectivity index (χ0v) is 8.48. The van der Waals surface area contributed by atoms with E-state index in [-0.39, 0.29) is 6.61 Å². The maximum absolute atomic E-state index is 9.14. The van der Waals surface area contributed by atoms with E-state index in [1.165, 1.54) is 0 Å². The molecule has 0 saturated carbocycles. The molecule has 1 rings (SSSR count). The SMILES string of the molecule is C=CCN(CC)c1ncccc1CO. The fourth-order valence-corrected chi connectivity index (χ4v) is 1.36. The molecule has 0 atom stereocenters. The number of hydrogen-bond acceptors (Lipinski definition) is 3. The molecular weight excluding hydrogens is 176 g/mol. The molecular formula is C11H16N2O. The second kappa shape index (κ2) is 5.40. The highest BCUT2D eigenvalue weighted by atomic mass is 16.3. The number of aliphatic hydroxyl groups is 1. The molecule has 0 bridgehead atoms. The van der Waals surface area contributed by atoms with Crippen LogP contribution in [0.2, 0.25) is 0 Å². The van der Waals surface area contributed by atoms with Crippen LogP contribution in [0.4, 0.5) is 5.82 Å². The Labute approximate surface area is 84.7 Å². The van der Waals surface area contributed by atoms with Crippen molar-refractivity contribution in [2.45, 2.75) is 13.5 Å². The van der Waals surface area contributed by atoms with Crippen LogP contribution in [0.3, 0.4) is 0 Å². The van der Waals surface area contributed by atoms with Gasteiger partial charge in [-0.3, -0.25) is 0 Å². The highest BCUT2D eigenvalue weighted by Crippen LogP contribution is 2.16. The van der Waals surface area contributed by atoms with Crippen molar-refractivity contribution >= 4 is 5.82 Å². The first kappa shape index (κ1) is 10.7. The molecule has 1 heterocycles. The summed E-state index contributed by atoms with van der Waals surface area (Å²) >= 11 is 0. The number of nitrogens with zero attached hydrogens (tertiary/aromatic N) is 2. The summed E-state index contributed by atoms with van der Waals surface area (Å²) in [5.41, 5.74) is 0.858. The average molecular weight is 192 g/mol. The molecule has 0 amide bonds. The maximum Gasteiger partial charge on any atom is 0.134 e. The fraction of sp³-hybridized carbons (Fsp3) is 0.364. The largest absolute Gasteiger partial charge is 0.392 e. The molecule has 0 spiro atoms. The molecule has 3 heteroatoms. The van der Waals surface area contributed by atoms with Crippen LogP contribution < -0.4 is 4.90 Å². The lowest BCUT2D eigenvalue weighted by Gasteiger charge is -2.22. The zero-order valence-electron chi connectivity index (χ0n) is 8.48. The van der Waals surface area contributed by atoms with Gasteiger partial charge < -0.3 is 10.0 Å². The van der Waals surface area contributed by atoms with Crippen LogP contribution >= 0.6 is 0 Å². The predicted molar refractivity (Wildman–Crippen MR) is 58.2 cm³/mol. The van der Waals surface area contributed by atoms with E-state index in [2.05, 4.69) is 23.4 Å². The molecule has 1 aromatic heterocycles. The van der Waals surface area contributed by atoms with Gasteiger partial charge in [0.05, 0.1) is 6.61 Å². The Hall–Kier alpha value is -1.35. The second-order valence-corrected chi connectivity index (χ2v) is 2.97. The van der Waals surface area contributed by atoms with Gasteiger partial charge in [0.2, 0.25) is 0 Å². The van der Waals surface area contributed by atoms with Crippen molar-refractivity contribution in [1.29, 1.82) is 0 Å². The van der Waals surface area contributed by atoms with Crippen LogP contribution in [0.15, 0.2) is 31.0 Å². The Bertz CT molecular complexity index is 299. The third-order valence-corrected chi connectivity index (χ3v) is 2.07. The first-order chi connectivity index (χ1) is 6.83. The van der Waals surface area contributed by atoms with Crippen molar-refractivity contribution in [3.63, 3.8) is 0 Å². The van der Waals surface area contributed by atoms with E-state index < -0.39 is 0 Å². The van der Waals surface area contributed by atoms with E-state index >= 15 is 0 Å². The molecule has 0 aliphatic heterocycles. The highest BCUT2D eigenvalue weighted by Gasteiger charge is 2.07. The molecule has 0 aliphatic carbocycles. The van der Waals surface area contributed by atoms with Gasteiger partial charge in [0.1, 0.15) is 5.82 Å². The molecule has 1 aromatic rings. The minimum Gasteiger partial charge on any atom is -0.392 e. The summed E-state index contributed by atoms with van der Waals surface area (Å²) in [4.78, 5) is 6.33. The third kappa shape index (κ3) is 2.33. The first-order valence-corrected chi connectivity index (χ1v) is 4.74. The van der Waals surface area contributed by atoms with E-state index in [0.717, 1.165) is 24.5 Å². The molecule has 0 unspecified atom stereocenters. The first-order valence-electron chi connectivity index (χ1n) is 4.74. The van der Waals surface area contributed by atoms with E-state index in [1.807, 2.05) is 18.2 Å². The van der Waals surface area contributed by atoms with Gasteiger partial charge in [0, 0.05) is 24.8 Å². The van der Waals surface area contributed by atoms with Crippen LogP contribution in [-0.4, -0.2) is 23.2 Å². The Kier molecular flexibility index (Phi) is 4.13. The van der Waals surface area contributed by atoms with Crippen molar-refractivity contribution in [2.75, 3.05) is 18.0 Å². The molecule has 0 radical (unpaired) electrons. The van der Waals surface area contributed by atoms with Crippen LogP contribution in [-0.2, 0) is 6.61 Å². The van der Waals surface area contributed by atoms with Gasteiger partial charge in [0.25, 0.3) is 0 Å². The van der Waals surface area contributed by atoms with Crippen molar-refractivity contribution in [1.82, 2.24) is 4.98 Å². The van der Waals surface area contributed by atoms with Crippen LogP contribution in [0, 0.1) is 0 Å². The van der Waals surface area contributed by atoms with Crippen LogP contribution in [0.25, 0.3) is 0 Å². The maximum atomic E-state index is 9.14. The van der Waals surface area contributed by atoms with Gasteiger partial charge in [-0.25, -0.2) is 4.98 Å². The third-order valence-electron chi connectivity index (χ3n) is 2.07. The molecule has 0 saturated heterocycles. The summed E-state index contributed by atoms with van der Waals surface area (Å²) in [6.07, 6.45) is 3.57. The summed E-state index contributed by atoms with van der Waals surface area (Å²) in [5.74, 6) is 0.845. The number of anilines is 1. The monoisotopic (exact) mass is 192 g/mol. The lowest BCUT2D eigenvalue weighted by atomic mass is 10.2. The normalized spacial score (nSPS) is 9.86. The van der Waals surface area contributed by atoms with Crippen molar-refractivity contribution in [3.8, 4) is 0 Å². The van der Waals surface area contributed by atoms with Crippen LogP contribution in [0.1, 0.15) is 12.5 Å². The van der Waals surface area contributed by atoms with Gasteiger partial charge in [-0.15, -0.1) is 6.58 Å². The quantitative estimate of drug-likeness (QED) is 0.720. The van der Waals surface area contributed by atoms with Gasteiger partial charge in [0.15, 0.2) is 0 Å². The molecule has 14 heavy (non-hydrogen) atoms. The Morgan fingerprint density at radius 3 is 3.00 bits per heavy atom. The molecule has 0 aliphatic rings. The fourth-order valence-electron chi connectivity index (χ4n) is 1.36. The highest BCUT2D eigenvalue weighted by molar-refractivity contribution is 5.46. The predicted octanol–water partition coefficient (Wildman–Crippen LogP) is 1.59. The number of rotatable bonds is 5. The molecule has 0 aromatic carbocycles. The topological polar surface area (TPSA) is 36.4 Å². The Morgan fingerprint density at radius 2 is 2.43 bits per heavy atom. The average Bonchev–Trinajstić information content (AvgIpc) is 2.26. The van der Waals surface area contributed by atoms with E-state index in [0.29, 0.717) is 0 Å². The Morgan fingerprint density at radius 1 is 1.64 bits per heavy atom. The van der Waals surface area contributed by atoms with E-state index in [9.17, 15) is 0 Å². The minimum absolute atomic E-state index is 0.0246. The summed E-state index contributed by atoms with van der Waals surface area (Å²) in [6.45, 7) is 7.38.